The van der Waals surface area contributed by atoms with Gasteiger partial charge in [-0.2, -0.15) is 12.6 Å². The first-order valence-corrected chi connectivity index (χ1v) is 13.8. The zero-order valence-corrected chi connectivity index (χ0v) is 21.3. The van der Waals surface area contributed by atoms with Crippen molar-refractivity contribution in [2.24, 2.45) is 35.0 Å². The minimum Gasteiger partial charge on any atom is -0.393 e. The standard InChI is InChI=1S/C27H40OS.C2H6.CH4/c1-18(7-8-19-5-3-4-6-19)23-11-12-24-22-10-9-20-17-21(28)13-16-27(20,29)25(22)14-15-26(23,24)2;1-2;/h3,5-6,9,18,21-25,28-29H,4,7-8,10-17H2,1-2H3;1-2H3;1H4. The highest BCUT2D eigenvalue weighted by Gasteiger charge is 2.59. The lowest BCUT2D eigenvalue weighted by molar-refractivity contribution is -0.0217. The van der Waals surface area contributed by atoms with Crippen LogP contribution in [0.3, 0.4) is 0 Å². The molecule has 0 aromatic carbocycles. The molecule has 3 fully saturated rings. The summed E-state index contributed by atoms with van der Waals surface area (Å²) in [7, 11) is 0. The second-order valence-electron chi connectivity index (χ2n) is 11.3. The summed E-state index contributed by atoms with van der Waals surface area (Å²) in [6.07, 6.45) is 23.0. The van der Waals surface area contributed by atoms with E-state index in [1.807, 2.05) is 13.8 Å². The van der Waals surface area contributed by atoms with Gasteiger partial charge in [0.25, 0.3) is 0 Å². The molecule has 0 saturated heterocycles. The molecule has 0 aromatic heterocycles. The van der Waals surface area contributed by atoms with Crippen LogP contribution in [0.5, 0.6) is 0 Å². The van der Waals surface area contributed by atoms with E-state index in [1.54, 1.807) is 5.57 Å². The Labute approximate surface area is 204 Å². The van der Waals surface area contributed by atoms with Crippen LogP contribution in [-0.4, -0.2) is 16.0 Å². The number of allylic oxidation sites excluding steroid dienone is 5. The summed E-state index contributed by atoms with van der Waals surface area (Å²) in [6.45, 7) is 9.21. The van der Waals surface area contributed by atoms with Gasteiger partial charge in [-0.15, -0.1) is 0 Å². The van der Waals surface area contributed by atoms with Crippen LogP contribution in [0, 0.1) is 35.0 Å². The van der Waals surface area contributed by atoms with Gasteiger partial charge in [-0.1, -0.05) is 70.6 Å². The van der Waals surface area contributed by atoms with Crippen molar-refractivity contribution in [1.82, 2.24) is 0 Å². The summed E-state index contributed by atoms with van der Waals surface area (Å²) in [4.78, 5) is 0. The van der Waals surface area contributed by atoms with Gasteiger partial charge >= 0.3 is 0 Å². The number of thiol groups is 1. The van der Waals surface area contributed by atoms with Crippen LogP contribution in [0.2, 0.25) is 0 Å². The van der Waals surface area contributed by atoms with Crippen LogP contribution in [0.25, 0.3) is 0 Å². The van der Waals surface area contributed by atoms with E-state index in [4.69, 9.17) is 12.6 Å². The fraction of sp³-hybridized carbons (Fsp3) is 0.800. The van der Waals surface area contributed by atoms with Gasteiger partial charge in [0.1, 0.15) is 0 Å². The molecule has 1 nitrogen and oxygen atoms in total. The molecule has 0 spiro atoms. The van der Waals surface area contributed by atoms with E-state index in [1.165, 1.54) is 50.5 Å². The van der Waals surface area contributed by atoms with Crippen molar-refractivity contribution in [2.45, 2.75) is 117 Å². The van der Waals surface area contributed by atoms with Crippen LogP contribution in [0.4, 0.5) is 0 Å². The third kappa shape index (κ3) is 4.45. The predicted octanol–water partition coefficient (Wildman–Crippen LogP) is 8.55. The summed E-state index contributed by atoms with van der Waals surface area (Å²) >= 11 is 5.35. The highest BCUT2D eigenvalue weighted by molar-refractivity contribution is 7.82. The second kappa shape index (κ2) is 10.4. The van der Waals surface area contributed by atoms with E-state index < -0.39 is 0 Å². The summed E-state index contributed by atoms with van der Waals surface area (Å²) < 4.78 is 0.0778. The number of hydrogen-bond donors (Lipinski definition) is 2. The van der Waals surface area contributed by atoms with Gasteiger partial charge in [-0.05, 0) is 106 Å². The lowest BCUT2D eigenvalue weighted by Crippen LogP contribution is -2.53. The maximum atomic E-state index is 10.2. The molecule has 0 aliphatic heterocycles. The number of hydrogen-bond acceptors (Lipinski definition) is 2. The fourth-order valence-corrected chi connectivity index (χ4v) is 9.15. The topological polar surface area (TPSA) is 20.2 Å². The molecule has 0 aromatic rings. The van der Waals surface area contributed by atoms with Crippen molar-refractivity contribution >= 4 is 12.6 Å². The third-order valence-electron chi connectivity index (χ3n) is 10.1. The molecular formula is C30H50OS. The van der Waals surface area contributed by atoms with Crippen LogP contribution >= 0.6 is 12.6 Å². The van der Waals surface area contributed by atoms with Crippen molar-refractivity contribution in [3.05, 3.63) is 35.5 Å². The Balaban J connectivity index is 0.000000938. The van der Waals surface area contributed by atoms with Gasteiger partial charge in [0, 0.05) is 4.75 Å². The summed E-state index contributed by atoms with van der Waals surface area (Å²) in [5.41, 5.74) is 3.58. The smallest absolute Gasteiger partial charge is 0.0578 e. The van der Waals surface area contributed by atoms with E-state index >= 15 is 0 Å². The first-order valence-electron chi connectivity index (χ1n) is 13.4. The van der Waals surface area contributed by atoms with Gasteiger partial charge in [0.05, 0.1) is 6.10 Å². The molecule has 5 aliphatic rings. The van der Waals surface area contributed by atoms with Crippen molar-refractivity contribution in [1.29, 1.82) is 0 Å². The second-order valence-corrected chi connectivity index (χ2v) is 12.1. The predicted molar refractivity (Wildman–Crippen MR) is 143 cm³/mol. The molecule has 0 amide bonds. The van der Waals surface area contributed by atoms with Crippen molar-refractivity contribution in [3.63, 3.8) is 0 Å². The Morgan fingerprint density at radius 2 is 1.88 bits per heavy atom. The van der Waals surface area contributed by atoms with Crippen molar-refractivity contribution in [3.8, 4) is 0 Å². The zero-order chi connectivity index (χ0) is 22.2. The quantitative estimate of drug-likeness (QED) is 0.319. The molecule has 3 saturated carbocycles. The Kier molecular flexibility index (Phi) is 8.52. The molecular weight excluding hydrogens is 408 g/mol. The van der Waals surface area contributed by atoms with Gasteiger partial charge in [-0.25, -0.2) is 0 Å². The number of aliphatic hydroxyl groups excluding tert-OH is 1. The van der Waals surface area contributed by atoms with E-state index in [9.17, 15) is 5.11 Å². The van der Waals surface area contributed by atoms with Crippen LogP contribution in [-0.2, 0) is 0 Å². The molecule has 8 atom stereocenters. The summed E-state index contributed by atoms with van der Waals surface area (Å²) in [5.74, 6) is 4.17. The van der Waals surface area contributed by atoms with Gasteiger partial charge in [0.15, 0.2) is 0 Å². The highest BCUT2D eigenvalue weighted by Crippen LogP contribution is 2.66. The Bertz CT molecular complexity index is 735. The van der Waals surface area contributed by atoms with E-state index in [2.05, 4.69) is 38.2 Å². The zero-order valence-electron chi connectivity index (χ0n) is 20.4. The van der Waals surface area contributed by atoms with Crippen molar-refractivity contribution < 1.29 is 5.11 Å². The lowest BCUT2D eigenvalue weighted by Gasteiger charge is -2.57. The molecule has 2 heteroatoms. The Morgan fingerprint density at radius 1 is 1.09 bits per heavy atom. The number of fused-ring (bicyclic) bond motifs is 5. The van der Waals surface area contributed by atoms with Gasteiger partial charge in [-0.3, -0.25) is 0 Å². The molecule has 0 heterocycles. The van der Waals surface area contributed by atoms with Crippen LogP contribution < -0.4 is 0 Å². The summed E-state index contributed by atoms with van der Waals surface area (Å²) in [6, 6.07) is 0. The minimum absolute atomic E-state index is 0. The maximum Gasteiger partial charge on any atom is 0.0578 e. The lowest BCUT2D eigenvalue weighted by atomic mass is 9.50. The Morgan fingerprint density at radius 3 is 2.59 bits per heavy atom. The summed E-state index contributed by atoms with van der Waals surface area (Å²) in [5, 5.41) is 10.2. The highest BCUT2D eigenvalue weighted by atomic mass is 32.1. The van der Waals surface area contributed by atoms with Gasteiger partial charge in [0.2, 0.25) is 0 Å². The van der Waals surface area contributed by atoms with E-state index in [0.717, 1.165) is 55.3 Å². The molecule has 1 N–H and O–H groups in total. The normalized spacial score (nSPS) is 42.9. The van der Waals surface area contributed by atoms with E-state index in [-0.39, 0.29) is 18.3 Å². The Hall–Kier alpha value is -0.470. The first-order chi connectivity index (χ1) is 14.9. The molecule has 8 unspecified atom stereocenters. The largest absolute Gasteiger partial charge is 0.393 e. The molecule has 0 bridgehead atoms. The maximum absolute atomic E-state index is 10.2. The van der Waals surface area contributed by atoms with Crippen molar-refractivity contribution in [2.75, 3.05) is 0 Å². The molecule has 5 rings (SSSR count). The number of aliphatic hydroxyl groups is 1. The SMILES string of the molecule is C.CC.CC(CCC1=CCC=C1)C1CCC2C3CC=C4CC(O)CCC4(S)C3CCC12C. The average Bonchev–Trinajstić information content (AvgIpc) is 3.41. The molecule has 32 heavy (non-hydrogen) atoms. The fourth-order valence-electron chi connectivity index (χ4n) is 8.51. The molecule has 5 aliphatic carbocycles. The first kappa shape index (κ1) is 26.1. The van der Waals surface area contributed by atoms with E-state index in [0.29, 0.717) is 5.41 Å². The molecule has 182 valence electrons. The monoisotopic (exact) mass is 458 g/mol. The van der Waals surface area contributed by atoms with Gasteiger partial charge < -0.3 is 5.11 Å². The number of rotatable bonds is 4. The third-order valence-corrected chi connectivity index (χ3v) is 10.9. The van der Waals surface area contributed by atoms with Crippen LogP contribution in [0.15, 0.2) is 35.5 Å². The van der Waals surface area contributed by atoms with Crippen LogP contribution in [0.1, 0.15) is 106 Å². The minimum atomic E-state index is -0.131. The average molecular weight is 459 g/mol. The molecule has 0 radical (unpaired) electrons.